The molecule has 0 aliphatic carbocycles. The molecule has 132 valence electrons. The third-order valence-electron chi connectivity index (χ3n) is 4.39. The van der Waals surface area contributed by atoms with Crippen molar-refractivity contribution < 1.29 is 0 Å². The van der Waals surface area contributed by atoms with Gasteiger partial charge in [-0.25, -0.2) is 4.98 Å². The van der Waals surface area contributed by atoms with Crippen molar-refractivity contribution in [3.63, 3.8) is 0 Å². The molecule has 0 N–H and O–H groups in total. The highest BCUT2D eigenvalue weighted by Crippen LogP contribution is 2.30. The number of hydrogen-bond acceptors (Lipinski definition) is 4. The van der Waals surface area contributed by atoms with Gasteiger partial charge in [0, 0.05) is 19.8 Å². The predicted molar refractivity (Wildman–Crippen MR) is 110 cm³/mol. The molecule has 1 unspecified atom stereocenters. The molecule has 1 saturated heterocycles. The standard InChI is InChI=1S/C21H28N4/c1-5-7-8-9-11-17(6-2)20-12-10-15-25(20)21-14-13-18(23-4)19(24-21)16-22-3/h5-7,9,11,13-14,16,20H,4,8,10,12,15H2,1-3H3/b7-5-,11-9-,17-6+,22-16?. The summed E-state index contributed by atoms with van der Waals surface area (Å²) in [6, 6.07) is 4.37. The van der Waals surface area contributed by atoms with Crippen molar-refractivity contribution in [1.82, 2.24) is 4.98 Å². The molecule has 0 aromatic carbocycles. The van der Waals surface area contributed by atoms with E-state index in [9.17, 15) is 0 Å². The Balaban J connectivity index is 2.27. The minimum atomic E-state index is 0.369. The average molecular weight is 336 g/mol. The number of aliphatic imine (C=N–C) groups is 2. The maximum Gasteiger partial charge on any atom is 0.129 e. The summed E-state index contributed by atoms with van der Waals surface area (Å²) in [5, 5.41) is 0. The summed E-state index contributed by atoms with van der Waals surface area (Å²) in [5.74, 6) is 0.978. The zero-order valence-electron chi connectivity index (χ0n) is 15.5. The Hall–Kier alpha value is -2.49. The van der Waals surface area contributed by atoms with Gasteiger partial charge in [0.1, 0.15) is 11.5 Å². The van der Waals surface area contributed by atoms with E-state index < -0.39 is 0 Å². The fourth-order valence-corrected chi connectivity index (χ4v) is 3.17. The molecule has 2 heterocycles. The molecule has 0 amide bonds. The summed E-state index contributed by atoms with van der Waals surface area (Å²) < 4.78 is 0. The van der Waals surface area contributed by atoms with E-state index in [0.29, 0.717) is 6.04 Å². The van der Waals surface area contributed by atoms with Gasteiger partial charge in [0.25, 0.3) is 0 Å². The lowest BCUT2D eigenvalue weighted by molar-refractivity contribution is 0.765. The van der Waals surface area contributed by atoms with E-state index >= 15 is 0 Å². The molecule has 1 aliphatic rings. The number of allylic oxidation sites excluding steroid dienone is 4. The molecular weight excluding hydrogens is 308 g/mol. The van der Waals surface area contributed by atoms with Gasteiger partial charge in [-0.3, -0.25) is 9.98 Å². The topological polar surface area (TPSA) is 40.9 Å². The highest BCUT2D eigenvalue weighted by Gasteiger charge is 2.27. The van der Waals surface area contributed by atoms with Gasteiger partial charge in [0.15, 0.2) is 0 Å². The first-order valence-electron chi connectivity index (χ1n) is 8.85. The summed E-state index contributed by atoms with van der Waals surface area (Å²) in [5.41, 5.74) is 2.88. The van der Waals surface area contributed by atoms with Crippen LogP contribution in [0.2, 0.25) is 0 Å². The third kappa shape index (κ3) is 4.75. The lowest BCUT2D eigenvalue weighted by atomic mass is 10.0. The molecule has 1 aliphatic heterocycles. The third-order valence-corrected chi connectivity index (χ3v) is 4.39. The second-order valence-corrected chi connectivity index (χ2v) is 5.97. The van der Waals surface area contributed by atoms with Crippen LogP contribution in [0.5, 0.6) is 0 Å². The van der Waals surface area contributed by atoms with Crippen molar-refractivity contribution in [3.05, 3.63) is 53.8 Å². The Labute approximate surface area is 151 Å². The number of aromatic nitrogens is 1. The number of anilines is 1. The quantitative estimate of drug-likeness (QED) is 0.404. The first kappa shape index (κ1) is 18.8. The second-order valence-electron chi connectivity index (χ2n) is 5.97. The summed E-state index contributed by atoms with van der Waals surface area (Å²) in [6.45, 7) is 8.79. The zero-order chi connectivity index (χ0) is 18.1. The van der Waals surface area contributed by atoms with Gasteiger partial charge in [0.2, 0.25) is 0 Å². The van der Waals surface area contributed by atoms with E-state index in [-0.39, 0.29) is 0 Å². The van der Waals surface area contributed by atoms with E-state index in [1.54, 1.807) is 13.3 Å². The molecule has 1 fully saturated rings. The molecule has 0 saturated carbocycles. The Morgan fingerprint density at radius 2 is 2.20 bits per heavy atom. The summed E-state index contributed by atoms with van der Waals surface area (Å²) in [6.07, 6.45) is 16.0. The Kier molecular flexibility index (Phi) is 7.33. The monoisotopic (exact) mass is 336 g/mol. The number of hydrogen-bond donors (Lipinski definition) is 0. The SMILES string of the molecule is C=Nc1ccc(N2CCCC2C(/C=C\C/C=C\C)=C/C)nc1C=NC. The van der Waals surface area contributed by atoms with E-state index in [2.05, 4.69) is 58.9 Å². The van der Waals surface area contributed by atoms with Crippen LogP contribution in [0.4, 0.5) is 11.5 Å². The van der Waals surface area contributed by atoms with E-state index in [4.69, 9.17) is 4.98 Å². The first-order chi connectivity index (χ1) is 12.2. The van der Waals surface area contributed by atoms with Gasteiger partial charge < -0.3 is 4.90 Å². The van der Waals surface area contributed by atoms with Crippen molar-refractivity contribution in [1.29, 1.82) is 0 Å². The Morgan fingerprint density at radius 1 is 1.36 bits per heavy atom. The van der Waals surface area contributed by atoms with Gasteiger partial charge in [-0.2, -0.15) is 0 Å². The molecule has 25 heavy (non-hydrogen) atoms. The zero-order valence-corrected chi connectivity index (χ0v) is 15.5. The highest BCUT2D eigenvalue weighted by molar-refractivity contribution is 5.85. The molecule has 0 radical (unpaired) electrons. The van der Waals surface area contributed by atoms with Crippen LogP contribution in [-0.2, 0) is 0 Å². The van der Waals surface area contributed by atoms with Crippen LogP contribution in [0.15, 0.2) is 58.1 Å². The minimum absolute atomic E-state index is 0.369. The highest BCUT2D eigenvalue weighted by atomic mass is 15.2. The maximum absolute atomic E-state index is 4.77. The van der Waals surface area contributed by atoms with E-state index in [1.165, 1.54) is 12.0 Å². The predicted octanol–water partition coefficient (Wildman–Crippen LogP) is 4.90. The molecule has 4 heteroatoms. The maximum atomic E-state index is 4.77. The molecule has 4 nitrogen and oxygen atoms in total. The number of pyridine rings is 1. The van der Waals surface area contributed by atoms with Crippen LogP contribution in [-0.4, -0.2) is 37.6 Å². The van der Waals surface area contributed by atoms with Gasteiger partial charge in [-0.15, -0.1) is 0 Å². The fraction of sp³-hybridized carbons (Fsp3) is 0.381. The van der Waals surface area contributed by atoms with Crippen LogP contribution < -0.4 is 4.90 Å². The van der Waals surface area contributed by atoms with Crippen molar-refractivity contribution in [2.45, 2.75) is 39.2 Å². The molecule has 0 bridgehead atoms. The second kappa shape index (κ2) is 9.72. The van der Waals surface area contributed by atoms with Crippen molar-refractivity contribution in [2.24, 2.45) is 9.98 Å². The first-order valence-corrected chi connectivity index (χ1v) is 8.85. The van der Waals surface area contributed by atoms with Crippen LogP contribution in [0, 0.1) is 0 Å². The Morgan fingerprint density at radius 3 is 2.88 bits per heavy atom. The minimum Gasteiger partial charge on any atom is -0.350 e. The number of rotatable bonds is 7. The van der Waals surface area contributed by atoms with Crippen LogP contribution in [0.3, 0.4) is 0 Å². The van der Waals surface area contributed by atoms with Crippen molar-refractivity contribution in [3.8, 4) is 0 Å². The van der Waals surface area contributed by atoms with Crippen LogP contribution >= 0.6 is 0 Å². The van der Waals surface area contributed by atoms with Gasteiger partial charge in [-0.05, 0) is 57.5 Å². The van der Waals surface area contributed by atoms with Crippen LogP contribution in [0.25, 0.3) is 0 Å². The summed E-state index contributed by atoms with van der Waals surface area (Å²) >= 11 is 0. The summed E-state index contributed by atoms with van der Waals surface area (Å²) in [7, 11) is 1.74. The smallest absolute Gasteiger partial charge is 0.129 e. The van der Waals surface area contributed by atoms with E-state index in [1.807, 2.05) is 19.1 Å². The fourth-order valence-electron chi connectivity index (χ4n) is 3.17. The van der Waals surface area contributed by atoms with Gasteiger partial charge >= 0.3 is 0 Å². The van der Waals surface area contributed by atoms with Crippen LogP contribution in [0.1, 0.15) is 38.8 Å². The molecule has 0 spiro atoms. The number of nitrogens with zero attached hydrogens (tertiary/aromatic N) is 4. The lowest BCUT2D eigenvalue weighted by Gasteiger charge is -2.27. The molecule has 1 aromatic rings. The molecular formula is C21H28N4. The molecule has 1 atom stereocenters. The molecule has 2 rings (SSSR count). The lowest BCUT2D eigenvalue weighted by Crippen LogP contribution is -2.31. The van der Waals surface area contributed by atoms with Crippen molar-refractivity contribution in [2.75, 3.05) is 18.5 Å². The molecule has 1 aromatic heterocycles. The van der Waals surface area contributed by atoms with Gasteiger partial charge in [0.05, 0.1) is 11.7 Å². The Bertz CT molecular complexity index is 698. The normalized spacial score (nSPS) is 18.9. The van der Waals surface area contributed by atoms with Crippen molar-refractivity contribution >= 4 is 24.4 Å². The summed E-state index contributed by atoms with van der Waals surface area (Å²) in [4.78, 5) is 15.3. The van der Waals surface area contributed by atoms with E-state index in [0.717, 1.165) is 36.6 Å². The van der Waals surface area contributed by atoms with Gasteiger partial charge in [-0.1, -0.05) is 30.4 Å². The average Bonchev–Trinajstić information content (AvgIpc) is 3.11. The largest absolute Gasteiger partial charge is 0.350 e.